The number of amides is 1. The number of hydrogen-bond donors (Lipinski definition) is 2. The van der Waals surface area contributed by atoms with Gasteiger partial charge in [0, 0.05) is 17.8 Å². The summed E-state index contributed by atoms with van der Waals surface area (Å²) < 4.78 is 0. The van der Waals surface area contributed by atoms with Crippen LogP contribution >= 0.6 is 0 Å². The van der Waals surface area contributed by atoms with Crippen LogP contribution in [0.1, 0.15) is 63.0 Å². The molecule has 1 aromatic heterocycles. The molecule has 3 N–H and O–H groups in total. The van der Waals surface area contributed by atoms with Crippen LogP contribution < -0.4 is 11.1 Å². The van der Waals surface area contributed by atoms with Gasteiger partial charge in [-0.05, 0) is 79.0 Å². The molecule has 1 amide bonds. The predicted molar refractivity (Wildman–Crippen MR) is 138 cm³/mol. The zero-order valence-electron chi connectivity index (χ0n) is 20.1. The summed E-state index contributed by atoms with van der Waals surface area (Å²) >= 11 is 0. The molecule has 1 saturated carbocycles. The van der Waals surface area contributed by atoms with E-state index in [9.17, 15) is 4.79 Å². The Bertz CT molecular complexity index is 1100. The summed E-state index contributed by atoms with van der Waals surface area (Å²) in [4.78, 5) is 17.7. The number of rotatable bonds is 8. The van der Waals surface area contributed by atoms with Crippen molar-refractivity contribution in [1.29, 1.82) is 0 Å². The highest BCUT2D eigenvalue weighted by Crippen LogP contribution is 2.29. The smallest absolute Gasteiger partial charge is 0.223 e. The Labute approximate surface area is 198 Å². The third kappa shape index (κ3) is 5.73. The highest BCUT2D eigenvalue weighted by Gasteiger charge is 2.22. The summed E-state index contributed by atoms with van der Waals surface area (Å²) in [5, 5.41) is 4.32. The van der Waals surface area contributed by atoms with E-state index in [-0.39, 0.29) is 11.8 Å². The highest BCUT2D eigenvalue weighted by atomic mass is 16.1. The molecule has 4 rings (SSSR count). The lowest BCUT2D eigenvalue weighted by Crippen LogP contribution is -2.36. The van der Waals surface area contributed by atoms with Gasteiger partial charge in [-0.1, -0.05) is 62.9 Å². The molecule has 1 aliphatic rings. The number of nitrogens with two attached hydrogens (primary N) is 1. The number of hydrogen-bond acceptors (Lipinski definition) is 3. The van der Waals surface area contributed by atoms with Crippen LogP contribution in [-0.4, -0.2) is 17.4 Å². The van der Waals surface area contributed by atoms with Gasteiger partial charge >= 0.3 is 0 Å². The number of aryl methyl sites for hydroxylation is 1. The number of fused-ring (bicyclic) bond motifs is 1. The fourth-order valence-electron chi connectivity index (χ4n) is 5.18. The molecule has 1 aliphatic carbocycles. The average molecular weight is 444 g/mol. The van der Waals surface area contributed by atoms with Crippen molar-refractivity contribution in [2.24, 2.45) is 11.8 Å². The van der Waals surface area contributed by atoms with Gasteiger partial charge in [0.2, 0.25) is 5.91 Å². The summed E-state index contributed by atoms with van der Waals surface area (Å²) in [6, 6.07) is 16.9. The van der Waals surface area contributed by atoms with Crippen LogP contribution in [0.3, 0.4) is 0 Å². The minimum absolute atomic E-state index is 0.0697. The first kappa shape index (κ1) is 23.3. The Morgan fingerprint density at radius 3 is 2.67 bits per heavy atom. The summed E-state index contributed by atoms with van der Waals surface area (Å²) in [5.41, 5.74) is 11.9. The number of nitrogens with one attached hydrogen (secondary N) is 1. The SMILES string of the molecule is CCC[C@H](Cc1cc2cc(-c3ccccc3C)ccc2nc1N)C(=O)NCC1CCCCC1. The van der Waals surface area contributed by atoms with Gasteiger partial charge in [0.25, 0.3) is 0 Å². The van der Waals surface area contributed by atoms with Gasteiger partial charge in [0.15, 0.2) is 0 Å². The lowest BCUT2D eigenvalue weighted by atomic mass is 9.88. The van der Waals surface area contributed by atoms with E-state index >= 15 is 0 Å². The van der Waals surface area contributed by atoms with Crippen molar-refractivity contribution in [3.05, 3.63) is 59.7 Å². The molecule has 4 heteroatoms. The second-order valence-electron chi connectivity index (χ2n) is 9.69. The van der Waals surface area contributed by atoms with E-state index in [1.165, 1.54) is 48.8 Å². The first-order valence-corrected chi connectivity index (χ1v) is 12.6. The molecule has 4 nitrogen and oxygen atoms in total. The van der Waals surface area contributed by atoms with E-state index in [0.29, 0.717) is 18.2 Å². The molecule has 33 heavy (non-hydrogen) atoms. The minimum Gasteiger partial charge on any atom is -0.383 e. The Morgan fingerprint density at radius 2 is 1.91 bits per heavy atom. The molecule has 0 saturated heterocycles. The maximum absolute atomic E-state index is 13.1. The van der Waals surface area contributed by atoms with Crippen LogP contribution in [0.4, 0.5) is 5.82 Å². The first-order chi connectivity index (χ1) is 16.0. The third-order valence-electron chi connectivity index (χ3n) is 7.15. The number of anilines is 1. The van der Waals surface area contributed by atoms with Crippen LogP contribution in [0.5, 0.6) is 0 Å². The molecule has 0 bridgehead atoms. The number of nitrogen functional groups attached to an aromatic ring is 1. The summed E-state index contributed by atoms with van der Waals surface area (Å²) in [7, 11) is 0. The van der Waals surface area contributed by atoms with E-state index < -0.39 is 0 Å². The van der Waals surface area contributed by atoms with Gasteiger partial charge in [-0.15, -0.1) is 0 Å². The van der Waals surface area contributed by atoms with Crippen molar-refractivity contribution in [2.75, 3.05) is 12.3 Å². The van der Waals surface area contributed by atoms with Crippen molar-refractivity contribution in [2.45, 2.75) is 65.2 Å². The molecule has 0 aliphatic heterocycles. The van der Waals surface area contributed by atoms with E-state index in [2.05, 4.69) is 66.6 Å². The van der Waals surface area contributed by atoms with E-state index in [1.807, 2.05) is 6.07 Å². The van der Waals surface area contributed by atoms with Gasteiger partial charge in [-0.3, -0.25) is 4.79 Å². The van der Waals surface area contributed by atoms with Crippen LogP contribution in [0, 0.1) is 18.8 Å². The van der Waals surface area contributed by atoms with Crippen molar-refractivity contribution < 1.29 is 4.79 Å². The predicted octanol–water partition coefficient (Wildman–Crippen LogP) is 6.45. The lowest BCUT2D eigenvalue weighted by molar-refractivity contribution is -0.125. The Kier molecular flexibility index (Phi) is 7.64. The molecule has 174 valence electrons. The molecule has 3 aromatic rings. The summed E-state index contributed by atoms with van der Waals surface area (Å²) in [5.74, 6) is 1.26. The maximum Gasteiger partial charge on any atom is 0.223 e. The van der Waals surface area contributed by atoms with Crippen molar-refractivity contribution in [3.63, 3.8) is 0 Å². The number of pyridine rings is 1. The standard InChI is InChI=1S/C29H37N3O/c1-3-9-23(29(33)31-19-21-11-5-4-6-12-21)17-25-18-24-16-22(14-15-27(24)32-28(25)30)26-13-8-7-10-20(26)2/h7-8,10,13-16,18,21,23H,3-6,9,11-12,17,19H2,1-2H3,(H2,30,32)(H,31,33)/t23-/m1/s1. The molecule has 0 spiro atoms. The highest BCUT2D eigenvalue weighted by molar-refractivity contribution is 5.87. The van der Waals surface area contributed by atoms with Gasteiger partial charge in [-0.2, -0.15) is 0 Å². The number of benzene rings is 2. The monoisotopic (exact) mass is 443 g/mol. The van der Waals surface area contributed by atoms with Crippen LogP contribution in [0.25, 0.3) is 22.0 Å². The molecule has 2 aromatic carbocycles. The number of aromatic nitrogens is 1. The molecule has 0 radical (unpaired) electrons. The van der Waals surface area contributed by atoms with Gasteiger partial charge in [0.05, 0.1) is 5.52 Å². The van der Waals surface area contributed by atoms with E-state index in [4.69, 9.17) is 5.73 Å². The summed E-state index contributed by atoms with van der Waals surface area (Å²) in [6.45, 7) is 5.08. The van der Waals surface area contributed by atoms with Crippen molar-refractivity contribution in [3.8, 4) is 11.1 Å². The molecular formula is C29H37N3O. The Hall–Kier alpha value is -2.88. The number of carbonyl (C=O) groups excluding carboxylic acids is 1. The molecular weight excluding hydrogens is 406 g/mol. The van der Waals surface area contributed by atoms with Gasteiger partial charge < -0.3 is 11.1 Å². The third-order valence-corrected chi connectivity index (χ3v) is 7.15. The maximum atomic E-state index is 13.1. The zero-order chi connectivity index (χ0) is 23.2. The molecule has 0 unspecified atom stereocenters. The number of nitrogens with zero attached hydrogens (tertiary/aromatic N) is 1. The second-order valence-corrected chi connectivity index (χ2v) is 9.69. The second kappa shape index (κ2) is 10.8. The number of carbonyl (C=O) groups is 1. The lowest BCUT2D eigenvalue weighted by Gasteiger charge is -2.23. The van der Waals surface area contributed by atoms with Gasteiger partial charge in [0.1, 0.15) is 5.82 Å². The molecule has 1 heterocycles. The quantitative estimate of drug-likeness (QED) is 0.420. The Morgan fingerprint density at radius 1 is 1.12 bits per heavy atom. The van der Waals surface area contributed by atoms with Crippen LogP contribution in [0.2, 0.25) is 0 Å². The van der Waals surface area contributed by atoms with Crippen LogP contribution in [-0.2, 0) is 11.2 Å². The average Bonchev–Trinajstić information content (AvgIpc) is 2.83. The minimum atomic E-state index is -0.0697. The normalized spacial score (nSPS) is 15.5. The van der Waals surface area contributed by atoms with E-state index in [0.717, 1.165) is 35.9 Å². The van der Waals surface area contributed by atoms with Crippen molar-refractivity contribution in [1.82, 2.24) is 10.3 Å². The van der Waals surface area contributed by atoms with Gasteiger partial charge in [-0.25, -0.2) is 4.98 Å². The Balaban J connectivity index is 1.54. The zero-order valence-corrected chi connectivity index (χ0v) is 20.1. The molecule has 1 fully saturated rings. The summed E-state index contributed by atoms with van der Waals surface area (Å²) in [6.07, 6.45) is 8.87. The topological polar surface area (TPSA) is 68.0 Å². The fraction of sp³-hybridized carbons (Fsp3) is 0.448. The fourth-order valence-corrected chi connectivity index (χ4v) is 5.18. The van der Waals surface area contributed by atoms with Crippen molar-refractivity contribution >= 4 is 22.6 Å². The largest absolute Gasteiger partial charge is 0.383 e. The van der Waals surface area contributed by atoms with E-state index in [1.54, 1.807) is 0 Å². The van der Waals surface area contributed by atoms with Crippen LogP contribution in [0.15, 0.2) is 48.5 Å². The first-order valence-electron chi connectivity index (χ1n) is 12.6. The molecule has 1 atom stereocenters.